The van der Waals surface area contributed by atoms with Crippen LogP contribution < -0.4 is 5.73 Å². The molecule has 86 valence electrons. The molecule has 1 atom stereocenters. The summed E-state index contributed by atoms with van der Waals surface area (Å²) < 4.78 is 0. The van der Waals surface area contributed by atoms with Crippen molar-refractivity contribution in [2.24, 2.45) is 5.73 Å². The van der Waals surface area contributed by atoms with Gasteiger partial charge in [-0.3, -0.25) is 0 Å². The van der Waals surface area contributed by atoms with Crippen LogP contribution in [0, 0.1) is 0 Å². The minimum absolute atomic E-state index is 0.300. The molecule has 1 aromatic carbocycles. The Balaban J connectivity index is 1.94. The van der Waals surface area contributed by atoms with Crippen molar-refractivity contribution >= 4 is 22.8 Å². The van der Waals surface area contributed by atoms with Crippen LogP contribution >= 0.6 is 11.8 Å². The molecular weight excluding hydrogens is 218 g/mol. The summed E-state index contributed by atoms with van der Waals surface area (Å²) in [6, 6.07) is 8.40. The number of benzene rings is 1. The van der Waals surface area contributed by atoms with Gasteiger partial charge in [0, 0.05) is 11.8 Å². The molecule has 3 N–H and O–H groups in total. The summed E-state index contributed by atoms with van der Waals surface area (Å²) in [5.41, 5.74) is 8.01. The highest BCUT2D eigenvalue weighted by atomic mass is 32.2. The summed E-state index contributed by atoms with van der Waals surface area (Å²) >= 11 is 1.84. The third kappa shape index (κ3) is 2.77. The molecule has 0 aliphatic rings. The van der Waals surface area contributed by atoms with Crippen LogP contribution in [0.5, 0.6) is 0 Å². The molecule has 0 amide bonds. The fourth-order valence-electron chi connectivity index (χ4n) is 1.50. The zero-order chi connectivity index (χ0) is 11.4. The quantitative estimate of drug-likeness (QED) is 0.837. The summed E-state index contributed by atoms with van der Waals surface area (Å²) in [4.78, 5) is 7.83. The molecule has 0 radical (unpaired) electrons. The molecule has 0 spiro atoms. The normalized spacial score (nSPS) is 13.1. The first-order chi connectivity index (χ1) is 7.79. The number of nitrogens with two attached hydrogens (primary N) is 1. The topological polar surface area (TPSA) is 54.7 Å². The zero-order valence-corrected chi connectivity index (χ0v) is 10.3. The highest BCUT2D eigenvalue weighted by Crippen LogP contribution is 2.15. The number of thioether (sulfide) groups is 1. The van der Waals surface area contributed by atoms with Crippen LogP contribution in [0.1, 0.15) is 19.2 Å². The van der Waals surface area contributed by atoms with Gasteiger partial charge in [-0.05, 0) is 18.6 Å². The third-order valence-electron chi connectivity index (χ3n) is 2.53. The average Bonchev–Trinajstić information content (AvgIpc) is 2.71. The highest BCUT2D eigenvalue weighted by Gasteiger charge is 2.03. The summed E-state index contributed by atoms with van der Waals surface area (Å²) in [5, 5.41) is 0. The standard InChI is InChI=1S/C12H17N3S/c1-2-9(13)7-16-8-12-14-10-5-3-4-6-11(10)15-12/h3-6,9H,2,7-8,13H2,1H3,(H,14,15). The molecule has 4 heteroatoms. The van der Waals surface area contributed by atoms with Crippen molar-refractivity contribution in [1.29, 1.82) is 0 Å². The van der Waals surface area contributed by atoms with Gasteiger partial charge in [0.05, 0.1) is 16.8 Å². The summed E-state index contributed by atoms with van der Waals surface area (Å²) in [6.45, 7) is 2.12. The van der Waals surface area contributed by atoms with Gasteiger partial charge in [-0.25, -0.2) is 4.98 Å². The largest absolute Gasteiger partial charge is 0.341 e. The highest BCUT2D eigenvalue weighted by molar-refractivity contribution is 7.98. The van der Waals surface area contributed by atoms with Crippen molar-refractivity contribution in [1.82, 2.24) is 9.97 Å². The van der Waals surface area contributed by atoms with E-state index in [-0.39, 0.29) is 0 Å². The van der Waals surface area contributed by atoms with Crippen LogP contribution in [0.4, 0.5) is 0 Å². The number of nitrogens with one attached hydrogen (secondary N) is 1. The summed E-state index contributed by atoms with van der Waals surface area (Å²) in [7, 11) is 0. The second kappa shape index (κ2) is 5.37. The number of H-pyrrole nitrogens is 1. The first-order valence-electron chi connectivity index (χ1n) is 5.56. The monoisotopic (exact) mass is 235 g/mol. The molecule has 3 nitrogen and oxygen atoms in total. The average molecular weight is 235 g/mol. The Bertz CT molecular complexity index is 419. The van der Waals surface area contributed by atoms with Crippen molar-refractivity contribution < 1.29 is 0 Å². The number of aromatic amines is 1. The molecule has 0 bridgehead atoms. The van der Waals surface area contributed by atoms with Gasteiger partial charge in [0.1, 0.15) is 5.82 Å². The van der Waals surface area contributed by atoms with Crippen molar-refractivity contribution in [3.63, 3.8) is 0 Å². The van der Waals surface area contributed by atoms with Crippen LogP contribution in [-0.2, 0) is 5.75 Å². The van der Waals surface area contributed by atoms with E-state index in [2.05, 4.69) is 16.9 Å². The van der Waals surface area contributed by atoms with Crippen LogP contribution in [-0.4, -0.2) is 21.8 Å². The van der Waals surface area contributed by atoms with Crippen molar-refractivity contribution in [2.45, 2.75) is 25.1 Å². The molecule has 2 aromatic rings. The van der Waals surface area contributed by atoms with E-state index in [0.717, 1.165) is 34.8 Å². The number of imidazole rings is 1. The lowest BCUT2D eigenvalue weighted by atomic mass is 10.3. The molecule has 0 aliphatic carbocycles. The van der Waals surface area contributed by atoms with Crippen LogP contribution in [0.3, 0.4) is 0 Å². The van der Waals surface area contributed by atoms with Crippen LogP contribution in [0.2, 0.25) is 0 Å². The number of rotatable bonds is 5. The van der Waals surface area contributed by atoms with Crippen molar-refractivity contribution in [3.05, 3.63) is 30.1 Å². The molecule has 2 rings (SSSR count). The Morgan fingerprint density at radius 1 is 1.44 bits per heavy atom. The van der Waals surface area contributed by atoms with Crippen LogP contribution in [0.25, 0.3) is 11.0 Å². The number of aromatic nitrogens is 2. The lowest BCUT2D eigenvalue weighted by Gasteiger charge is -2.06. The Morgan fingerprint density at radius 3 is 3.00 bits per heavy atom. The van der Waals surface area contributed by atoms with E-state index in [4.69, 9.17) is 5.73 Å². The molecule has 16 heavy (non-hydrogen) atoms. The van der Waals surface area contributed by atoms with Gasteiger partial charge in [0.15, 0.2) is 0 Å². The smallest absolute Gasteiger partial charge is 0.117 e. The number of hydrogen-bond acceptors (Lipinski definition) is 3. The molecule has 1 heterocycles. The van der Waals surface area contributed by atoms with E-state index >= 15 is 0 Å². The predicted octanol–water partition coefficient (Wildman–Crippen LogP) is 2.53. The predicted molar refractivity (Wildman–Crippen MR) is 70.5 cm³/mol. The van der Waals surface area contributed by atoms with E-state index in [1.807, 2.05) is 36.0 Å². The number of para-hydroxylation sites is 2. The maximum atomic E-state index is 5.86. The van der Waals surface area contributed by atoms with Gasteiger partial charge in [-0.1, -0.05) is 19.1 Å². The van der Waals surface area contributed by atoms with Gasteiger partial charge in [-0.15, -0.1) is 0 Å². The van der Waals surface area contributed by atoms with Gasteiger partial charge >= 0.3 is 0 Å². The van der Waals surface area contributed by atoms with E-state index in [1.165, 1.54) is 0 Å². The molecule has 0 saturated carbocycles. The second-order valence-electron chi connectivity index (χ2n) is 3.88. The zero-order valence-electron chi connectivity index (χ0n) is 9.44. The fraction of sp³-hybridized carbons (Fsp3) is 0.417. The summed E-state index contributed by atoms with van der Waals surface area (Å²) in [5.74, 6) is 2.94. The molecule has 1 aromatic heterocycles. The molecule has 1 unspecified atom stereocenters. The Labute approximate surface area is 99.8 Å². The first-order valence-corrected chi connectivity index (χ1v) is 6.72. The minimum atomic E-state index is 0.300. The van der Waals surface area contributed by atoms with Gasteiger partial charge in [0.25, 0.3) is 0 Å². The first kappa shape index (κ1) is 11.5. The summed E-state index contributed by atoms with van der Waals surface area (Å²) in [6.07, 6.45) is 1.03. The lowest BCUT2D eigenvalue weighted by molar-refractivity contribution is 0.724. The Morgan fingerprint density at radius 2 is 2.25 bits per heavy atom. The van der Waals surface area contributed by atoms with E-state index in [0.29, 0.717) is 6.04 Å². The molecule has 0 saturated heterocycles. The third-order valence-corrected chi connectivity index (χ3v) is 3.67. The number of fused-ring (bicyclic) bond motifs is 1. The lowest BCUT2D eigenvalue weighted by Crippen LogP contribution is -2.21. The van der Waals surface area contributed by atoms with E-state index < -0.39 is 0 Å². The maximum absolute atomic E-state index is 5.86. The van der Waals surface area contributed by atoms with E-state index in [1.54, 1.807) is 0 Å². The fourth-order valence-corrected chi connectivity index (χ4v) is 2.49. The van der Waals surface area contributed by atoms with E-state index in [9.17, 15) is 0 Å². The second-order valence-corrected chi connectivity index (χ2v) is 4.91. The van der Waals surface area contributed by atoms with Crippen LogP contribution in [0.15, 0.2) is 24.3 Å². The number of nitrogens with zero attached hydrogens (tertiary/aromatic N) is 1. The SMILES string of the molecule is CCC(N)CSCc1nc2ccccc2[nH]1. The van der Waals surface area contributed by atoms with Crippen molar-refractivity contribution in [3.8, 4) is 0 Å². The van der Waals surface area contributed by atoms with Crippen molar-refractivity contribution in [2.75, 3.05) is 5.75 Å². The van der Waals surface area contributed by atoms with Gasteiger partial charge < -0.3 is 10.7 Å². The number of hydrogen-bond donors (Lipinski definition) is 2. The van der Waals surface area contributed by atoms with Gasteiger partial charge in [-0.2, -0.15) is 11.8 Å². The van der Waals surface area contributed by atoms with Gasteiger partial charge in [0.2, 0.25) is 0 Å². The molecule has 0 aliphatic heterocycles. The molecular formula is C12H17N3S. The molecule has 0 fully saturated rings. The maximum Gasteiger partial charge on any atom is 0.117 e. The Kier molecular flexibility index (Phi) is 3.85. The Hall–Kier alpha value is -1.00. The minimum Gasteiger partial charge on any atom is -0.341 e.